The second kappa shape index (κ2) is 40.6. The molecule has 1 saturated carbocycles. The van der Waals surface area contributed by atoms with E-state index >= 15 is 0 Å². The Balaban J connectivity index is 2.36. The van der Waals surface area contributed by atoms with E-state index in [-0.39, 0.29) is 12.8 Å². The smallest absolute Gasteiger partial charge is 0.462 e. The van der Waals surface area contributed by atoms with Gasteiger partial charge in [0.05, 0.1) is 6.61 Å². The first-order valence-corrected chi connectivity index (χ1v) is 27.5. The third-order valence-corrected chi connectivity index (χ3v) is 13.3. The molecule has 0 heterocycles. The Morgan fingerprint density at radius 2 is 0.812 bits per heavy atom. The Morgan fingerprint density at radius 1 is 0.469 bits per heavy atom. The van der Waals surface area contributed by atoms with Crippen molar-refractivity contribution in [1.82, 2.24) is 0 Å². The first-order chi connectivity index (χ1) is 30.9. The lowest BCUT2D eigenvalue weighted by Crippen LogP contribution is -2.64. The number of carbonyl (C=O) groups excluding carboxylic acids is 2. The molecule has 1 fully saturated rings. The zero-order chi connectivity index (χ0) is 47.1. The van der Waals surface area contributed by atoms with E-state index in [2.05, 4.69) is 26.0 Å². The van der Waals surface area contributed by atoms with Gasteiger partial charge in [-0.15, -0.1) is 0 Å². The summed E-state index contributed by atoms with van der Waals surface area (Å²) in [5.74, 6) is -1.12. The van der Waals surface area contributed by atoms with Gasteiger partial charge in [-0.3, -0.25) is 18.6 Å². The van der Waals surface area contributed by atoms with Gasteiger partial charge in [0.1, 0.15) is 43.2 Å². The molecule has 1 aliphatic rings. The van der Waals surface area contributed by atoms with Crippen LogP contribution in [0.4, 0.5) is 0 Å². The quantitative estimate of drug-likeness (QED) is 0.0146. The van der Waals surface area contributed by atoms with E-state index in [0.29, 0.717) is 19.3 Å². The third kappa shape index (κ3) is 32.3. The molecule has 1 rings (SSSR count). The number of aliphatic hydroxyl groups excluding tert-OH is 5. The van der Waals surface area contributed by atoms with Gasteiger partial charge in [-0.2, -0.15) is 0 Å². The number of unbranched alkanes of at least 4 members (excludes halogenated alkanes) is 30. The van der Waals surface area contributed by atoms with Crippen molar-refractivity contribution in [1.29, 1.82) is 0 Å². The van der Waals surface area contributed by atoms with Crippen LogP contribution >= 0.6 is 7.82 Å². The molecule has 0 aromatic carbocycles. The van der Waals surface area contributed by atoms with Gasteiger partial charge in [-0.25, -0.2) is 4.57 Å². The maximum Gasteiger partial charge on any atom is 0.472 e. The number of ether oxygens (including phenoxy) is 2. The van der Waals surface area contributed by atoms with Crippen molar-refractivity contribution >= 4 is 19.8 Å². The van der Waals surface area contributed by atoms with Crippen LogP contribution in [0.25, 0.3) is 0 Å². The van der Waals surface area contributed by atoms with Gasteiger partial charge in [0, 0.05) is 12.8 Å². The molecular formula is C50H95O13P. The highest BCUT2D eigenvalue weighted by molar-refractivity contribution is 7.47. The molecule has 6 N–H and O–H groups in total. The highest BCUT2D eigenvalue weighted by Crippen LogP contribution is 2.47. The summed E-state index contributed by atoms with van der Waals surface area (Å²) in [5.41, 5.74) is 0. The predicted octanol–water partition coefficient (Wildman–Crippen LogP) is 11.0. The second-order valence-electron chi connectivity index (χ2n) is 18.4. The summed E-state index contributed by atoms with van der Waals surface area (Å²) >= 11 is 0. The van der Waals surface area contributed by atoms with E-state index < -0.39 is 75.7 Å². The van der Waals surface area contributed by atoms with Crippen LogP contribution in [0.1, 0.15) is 239 Å². The summed E-state index contributed by atoms with van der Waals surface area (Å²) < 4.78 is 33.6. The molecule has 0 spiro atoms. The van der Waals surface area contributed by atoms with Crippen LogP contribution in [0, 0.1) is 0 Å². The molecule has 0 radical (unpaired) electrons. The molecule has 8 atom stereocenters. The van der Waals surface area contributed by atoms with Crippen LogP contribution in [0.2, 0.25) is 0 Å². The number of phosphoric ester groups is 1. The van der Waals surface area contributed by atoms with Crippen molar-refractivity contribution in [3.63, 3.8) is 0 Å². The molecule has 14 heteroatoms. The Morgan fingerprint density at radius 3 is 1.23 bits per heavy atom. The van der Waals surface area contributed by atoms with Gasteiger partial charge >= 0.3 is 19.8 Å². The summed E-state index contributed by atoms with van der Waals surface area (Å²) in [6, 6.07) is 0. The lowest BCUT2D eigenvalue weighted by Gasteiger charge is -2.41. The Kier molecular flexibility index (Phi) is 38.5. The molecule has 64 heavy (non-hydrogen) atoms. The number of esters is 2. The number of aliphatic hydroxyl groups is 5. The fourth-order valence-corrected chi connectivity index (χ4v) is 9.15. The highest BCUT2D eigenvalue weighted by atomic mass is 31.2. The fourth-order valence-electron chi connectivity index (χ4n) is 8.18. The molecule has 0 saturated heterocycles. The van der Waals surface area contributed by atoms with Crippen LogP contribution in [-0.2, 0) is 32.7 Å². The van der Waals surface area contributed by atoms with Gasteiger partial charge < -0.3 is 39.9 Å². The summed E-state index contributed by atoms with van der Waals surface area (Å²) in [7, 11) is -5.12. The highest BCUT2D eigenvalue weighted by Gasteiger charge is 2.51. The molecule has 0 amide bonds. The van der Waals surface area contributed by atoms with Crippen LogP contribution in [-0.4, -0.2) is 98.3 Å². The molecule has 1 aliphatic carbocycles. The number of phosphoric acid groups is 1. The van der Waals surface area contributed by atoms with Crippen molar-refractivity contribution < 1.29 is 63.1 Å². The van der Waals surface area contributed by atoms with Gasteiger partial charge in [0.15, 0.2) is 6.10 Å². The normalized spacial score (nSPS) is 21.6. The SMILES string of the molecule is CCCCCCCCCCCCCCCCCCCC/C=C/CCCC(=O)O[C@H](COC(=O)CCCCCCCCCCCCCC)COP(=O)(O)OC1C(O)C(O)C(O)[C@H](O)C1O. The molecule has 378 valence electrons. The lowest BCUT2D eigenvalue weighted by atomic mass is 9.85. The van der Waals surface area contributed by atoms with Crippen LogP contribution < -0.4 is 0 Å². The van der Waals surface area contributed by atoms with Crippen LogP contribution in [0.3, 0.4) is 0 Å². The lowest BCUT2D eigenvalue weighted by molar-refractivity contribution is -0.220. The Bertz CT molecular complexity index is 1170. The summed E-state index contributed by atoms with van der Waals surface area (Å²) in [6.45, 7) is 3.31. The van der Waals surface area contributed by atoms with Gasteiger partial charge in [-0.05, 0) is 32.1 Å². The number of rotatable bonds is 44. The van der Waals surface area contributed by atoms with Crippen molar-refractivity contribution in [2.75, 3.05) is 13.2 Å². The minimum absolute atomic E-state index is 0.0543. The third-order valence-electron chi connectivity index (χ3n) is 12.4. The second-order valence-corrected chi connectivity index (χ2v) is 19.8. The minimum Gasteiger partial charge on any atom is -0.462 e. The monoisotopic (exact) mass is 935 g/mol. The standard InChI is InChI=1S/C50H95O13P/c1-3-5-7-9-11-13-15-17-18-19-20-21-22-23-24-25-26-27-29-31-33-35-37-39-44(52)62-42(40-60-43(51)38-36-34-32-30-28-16-14-12-10-8-6-4-2)41-61-64(58,59)63-50-48(56)46(54)45(53)47(55)49(50)57/h31,33,42,45-50,53-57H,3-30,32,34-41H2,1-2H3,(H,58,59)/b33-31+/t42-,45?,46+,47?,48?,49?,50?/m1/s1. The molecule has 6 unspecified atom stereocenters. The Hall–Kier alpha value is -1.41. The van der Waals surface area contributed by atoms with Crippen molar-refractivity contribution in [3.05, 3.63) is 12.2 Å². The van der Waals surface area contributed by atoms with Crippen molar-refractivity contribution in [2.24, 2.45) is 0 Å². The first-order valence-electron chi connectivity index (χ1n) is 26.0. The summed E-state index contributed by atoms with van der Waals surface area (Å²) in [4.78, 5) is 35.7. The van der Waals surface area contributed by atoms with Crippen LogP contribution in [0.5, 0.6) is 0 Å². The molecule has 13 nitrogen and oxygen atoms in total. The maximum atomic E-state index is 12.8. The molecular weight excluding hydrogens is 840 g/mol. The Labute approximate surface area is 388 Å². The largest absolute Gasteiger partial charge is 0.472 e. The van der Waals surface area contributed by atoms with Gasteiger partial charge in [0.25, 0.3) is 0 Å². The summed E-state index contributed by atoms with van der Waals surface area (Å²) in [6.07, 6.45) is 31.4. The fraction of sp³-hybridized carbons (Fsp3) is 0.920. The predicted molar refractivity (Wildman–Crippen MR) is 254 cm³/mol. The first kappa shape index (κ1) is 60.6. The average molecular weight is 935 g/mol. The minimum atomic E-state index is -5.12. The van der Waals surface area contributed by atoms with E-state index in [9.17, 15) is 44.6 Å². The van der Waals surface area contributed by atoms with Gasteiger partial charge in [0.2, 0.25) is 0 Å². The molecule has 0 aromatic rings. The van der Waals surface area contributed by atoms with E-state index in [1.165, 1.54) is 161 Å². The zero-order valence-electron chi connectivity index (χ0n) is 40.3. The van der Waals surface area contributed by atoms with Crippen LogP contribution in [0.15, 0.2) is 12.2 Å². The topological polar surface area (TPSA) is 210 Å². The number of carbonyl (C=O) groups is 2. The maximum absolute atomic E-state index is 12.8. The van der Waals surface area contributed by atoms with E-state index in [1.54, 1.807) is 0 Å². The van der Waals surface area contributed by atoms with Crippen molar-refractivity contribution in [3.8, 4) is 0 Å². The zero-order valence-corrected chi connectivity index (χ0v) is 41.2. The van der Waals surface area contributed by atoms with Crippen molar-refractivity contribution in [2.45, 2.75) is 281 Å². The molecule has 0 aromatic heterocycles. The number of hydrogen-bond acceptors (Lipinski definition) is 12. The average Bonchev–Trinajstić information content (AvgIpc) is 3.28. The van der Waals surface area contributed by atoms with Gasteiger partial charge in [-0.1, -0.05) is 206 Å². The molecule has 0 bridgehead atoms. The van der Waals surface area contributed by atoms with E-state index in [1.807, 2.05) is 0 Å². The van der Waals surface area contributed by atoms with E-state index in [0.717, 1.165) is 32.1 Å². The van der Waals surface area contributed by atoms with E-state index in [4.69, 9.17) is 18.5 Å². The summed E-state index contributed by atoms with van der Waals surface area (Å²) in [5, 5.41) is 50.2. The number of hydrogen-bond donors (Lipinski definition) is 6. The molecule has 0 aliphatic heterocycles. The number of allylic oxidation sites excluding steroid dienone is 2.